The molecule has 20 heavy (non-hydrogen) atoms. The highest BCUT2D eigenvalue weighted by Gasteiger charge is 2.10. The van der Waals surface area contributed by atoms with Gasteiger partial charge in [-0.1, -0.05) is 35.9 Å². The smallest absolute Gasteiger partial charge is 0.124 e. The Hall–Kier alpha value is -1.58. The molecular weight excluding hydrogens is 277 g/mol. The van der Waals surface area contributed by atoms with Crippen LogP contribution in [0.5, 0.6) is 5.75 Å². The SMILES string of the molecule is CNC(C)c1ccccc1OCc1ccc(F)cc1Cl. The lowest BCUT2D eigenvalue weighted by atomic mass is 10.1. The monoisotopic (exact) mass is 293 g/mol. The zero-order chi connectivity index (χ0) is 14.5. The first kappa shape index (κ1) is 14.8. The molecule has 1 unspecified atom stereocenters. The molecule has 0 radical (unpaired) electrons. The van der Waals surface area contributed by atoms with Crippen molar-refractivity contribution in [3.8, 4) is 5.75 Å². The summed E-state index contributed by atoms with van der Waals surface area (Å²) in [5, 5.41) is 3.56. The summed E-state index contributed by atoms with van der Waals surface area (Å²) in [6.07, 6.45) is 0. The predicted molar refractivity (Wildman–Crippen MR) is 79.7 cm³/mol. The van der Waals surface area contributed by atoms with Gasteiger partial charge in [-0.15, -0.1) is 0 Å². The van der Waals surface area contributed by atoms with Gasteiger partial charge in [0.1, 0.15) is 18.2 Å². The summed E-state index contributed by atoms with van der Waals surface area (Å²) in [5.41, 5.74) is 1.84. The van der Waals surface area contributed by atoms with Crippen molar-refractivity contribution in [1.29, 1.82) is 0 Å². The summed E-state index contributed by atoms with van der Waals surface area (Å²) in [4.78, 5) is 0. The third kappa shape index (κ3) is 3.50. The van der Waals surface area contributed by atoms with Crippen molar-refractivity contribution in [2.45, 2.75) is 19.6 Å². The number of hydrogen-bond acceptors (Lipinski definition) is 2. The lowest BCUT2D eigenvalue weighted by Gasteiger charge is -2.16. The first-order valence-corrected chi connectivity index (χ1v) is 6.82. The Labute approximate surface area is 123 Å². The van der Waals surface area contributed by atoms with Crippen molar-refractivity contribution in [2.24, 2.45) is 0 Å². The van der Waals surface area contributed by atoms with Gasteiger partial charge in [0, 0.05) is 17.2 Å². The minimum atomic E-state index is -0.344. The van der Waals surface area contributed by atoms with E-state index in [1.54, 1.807) is 6.07 Å². The Balaban J connectivity index is 2.15. The van der Waals surface area contributed by atoms with Crippen LogP contribution in [0.2, 0.25) is 5.02 Å². The maximum atomic E-state index is 13.0. The molecular formula is C16H17ClFNO. The van der Waals surface area contributed by atoms with E-state index in [1.165, 1.54) is 12.1 Å². The van der Waals surface area contributed by atoms with Gasteiger partial charge in [0.25, 0.3) is 0 Å². The van der Waals surface area contributed by atoms with Crippen molar-refractivity contribution >= 4 is 11.6 Å². The second-order valence-corrected chi connectivity index (χ2v) is 4.98. The fourth-order valence-electron chi connectivity index (χ4n) is 1.92. The zero-order valence-electron chi connectivity index (χ0n) is 11.5. The molecule has 0 amide bonds. The Bertz CT molecular complexity index is 588. The van der Waals surface area contributed by atoms with Gasteiger partial charge in [0.15, 0.2) is 0 Å². The summed E-state index contributed by atoms with van der Waals surface area (Å²) in [7, 11) is 1.90. The maximum Gasteiger partial charge on any atom is 0.124 e. The molecule has 2 rings (SSSR count). The van der Waals surface area contributed by atoms with Crippen molar-refractivity contribution in [2.75, 3.05) is 7.05 Å². The van der Waals surface area contributed by atoms with Crippen LogP contribution in [-0.2, 0) is 6.61 Å². The summed E-state index contributed by atoms with van der Waals surface area (Å²) in [6.45, 7) is 2.37. The van der Waals surface area contributed by atoms with Gasteiger partial charge in [-0.2, -0.15) is 0 Å². The molecule has 0 aliphatic rings. The molecule has 0 aliphatic heterocycles. The minimum absolute atomic E-state index is 0.190. The molecule has 0 aromatic heterocycles. The van der Waals surface area contributed by atoms with Crippen LogP contribution in [0.15, 0.2) is 42.5 Å². The van der Waals surface area contributed by atoms with Crippen molar-refractivity contribution < 1.29 is 9.13 Å². The number of benzene rings is 2. The lowest BCUT2D eigenvalue weighted by molar-refractivity contribution is 0.300. The van der Waals surface area contributed by atoms with Crippen LogP contribution in [0.4, 0.5) is 4.39 Å². The fraction of sp³-hybridized carbons (Fsp3) is 0.250. The molecule has 4 heteroatoms. The molecule has 1 N–H and O–H groups in total. The third-order valence-corrected chi connectivity index (χ3v) is 3.57. The van der Waals surface area contributed by atoms with Crippen LogP contribution >= 0.6 is 11.6 Å². The van der Waals surface area contributed by atoms with Gasteiger partial charge < -0.3 is 10.1 Å². The molecule has 0 saturated carbocycles. The van der Waals surface area contributed by atoms with Crippen molar-refractivity contribution in [1.82, 2.24) is 5.32 Å². The summed E-state index contributed by atoms with van der Waals surface area (Å²) in [5.74, 6) is 0.456. The van der Waals surface area contributed by atoms with Crippen LogP contribution < -0.4 is 10.1 Å². The van der Waals surface area contributed by atoms with Gasteiger partial charge in [0.05, 0.1) is 5.02 Å². The molecule has 106 valence electrons. The Kier molecular flexibility index (Phi) is 4.99. The minimum Gasteiger partial charge on any atom is -0.489 e. The molecule has 1 atom stereocenters. The number of hydrogen-bond donors (Lipinski definition) is 1. The van der Waals surface area contributed by atoms with E-state index in [0.717, 1.165) is 16.9 Å². The molecule has 2 aromatic rings. The highest BCUT2D eigenvalue weighted by molar-refractivity contribution is 6.31. The number of nitrogens with one attached hydrogen (secondary N) is 1. The van der Waals surface area contributed by atoms with E-state index in [9.17, 15) is 4.39 Å². The second-order valence-electron chi connectivity index (χ2n) is 4.57. The third-order valence-electron chi connectivity index (χ3n) is 3.22. The topological polar surface area (TPSA) is 21.3 Å². The van der Waals surface area contributed by atoms with Gasteiger partial charge in [-0.25, -0.2) is 4.39 Å². The van der Waals surface area contributed by atoms with E-state index in [-0.39, 0.29) is 11.9 Å². The van der Waals surface area contributed by atoms with Gasteiger partial charge >= 0.3 is 0 Å². The highest BCUT2D eigenvalue weighted by Crippen LogP contribution is 2.26. The molecule has 2 nitrogen and oxygen atoms in total. The molecule has 0 saturated heterocycles. The van der Waals surface area contributed by atoms with E-state index >= 15 is 0 Å². The maximum absolute atomic E-state index is 13.0. The van der Waals surface area contributed by atoms with E-state index in [0.29, 0.717) is 11.6 Å². The van der Waals surface area contributed by atoms with Gasteiger partial charge in [-0.05, 0) is 32.2 Å². The quantitative estimate of drug-likeness (QED) is 0.885. The number of para-hydroxylation sites is 1. The fourth-order valence-corrected chi connectivity index (χ4v) is 2.14. The van der Waals surface area contributed by atoms with Gasteiger partial charge in [0.2, 0.25) is 0 Å². The lowest BCUT2D eigenvalue weighted by Crippen LogP contribution is -2.13. The van der Waals surface area contributed by atoms with E-state index < -0.39 is 0 Å². The number of ether oxygens (including phenoxy) is 1. The summed E-state index contributed by atoms with van der Waals surface area (Å²) in [6, 6.07) is 12.3. The largest absolute Gasteiger partial charge is 0.489 e. The van der Waals surface area contributed by atoms with Crippen molar-refractivity contribution in [3.63, 3.8) is 0 Å². The van der Waals surface area contributed by atoms with Crippen LogP contribution in [-0.4, -0.2) is 7.05 Å². The molecule has 0 fully saturated rings. The zero-order valence-corrected chi connectivity index (χ0v) is 12.2. The van der Waals surface area contributed by atoms with Crippen LogP contribution in [0.25, 0.3) is 0 Å². The van der Waals surface area contributed by atoms with E-state index in [1.807, 2.05) is 31.3 Å². The highest BCUT2D eigenvalue weighted by atomic mass is 35.5. The number of rotatable bonds is 5. The standard InChI is InChI=1S/C16H17ClFNO/c1-11(19-2)14-5-3-4-6-16(14)20-10-12-7-8-13(18)9-15(12)17/h3-9,11,19H,10H2,1-2H3. The predicted octanol–water partition coefficient (Wildman–Crippen LogP) is 4.34. The molecule has 0 heterocycles. The summed E-state index contributed by atoms with van der Waals surface area (Å²) < 4.78 is 18.8. The molecule has 2 aromatic carbocycles. The van der Waals surface area contributed by atoms with E-state index in [4.69, 9.17) is 16.3 Å². The Morgan fingerprint density at radius 3 is 2.70 bits per heavy atom. The first-order chi connectivity index (χ1) is 9.61. The Morgan fingerprint density at radius 2 is 2.00 bits per heavy atom. The van der Waals surface area contributed by atoms with E-state index in [2.05, 4.69) is 12.2 Å². The van der Waals surface area contributed by atoms with Crippen LogP contribution in [0.3, 0.4) is 0 Å². The summed E-state index contributed by atoms with van der Waals surface area (Å²) >= 11 is 5.99. The normalized spacial score (nSPS) is 12.2. The Morgan fingerprint density at radius 1 is 1.25 bits per heavy atom. The van der Waals surface area contributed by atoms with Crippen LogP contribution in [0, 0.1) is 5.82 Å². The molecule has 0 spiro atoms. The van der Waals surface area contributed by atoms with Gasteiger partial charge in [-0.3, -0.25) is 0 Å². The number of halogens is 2. The second kappa shape index (κ2) is 6.73. The van der Waals surface area contributed by atoms with Crippen molar-refractivity contribution in [3.05, 3.63) is 64.4 Å². The van der Waals surface area contributed by atoms with Crippen LogP contribution in [0.1, 0.15) is 24.1 Å². The average Bonchev–Trinajstić information content (AvgIpc) is 2.46. The molecule has 0 bridgehead atoms. The molecule has 0 aliphatic carbocycles. The average molecular weight is 294 g/mol. The first-order valence-electron chi connectivity index (χ1n) is 6.44.